The fourth-order valence-corrected chi connectivity index (χ4v) is 3.98. The maximum absolute atomic E-state index is 12.4. The molecule has 0 spiro atoms. The van der Waals surface area contributed by atoms with Crippen LogP contribution in [0.3, 0.4) is 0 Å². The Morgan fingerprint density at radius 3 is 2.59 bits per heavy atom. The van der Waals surface area contributed by atoms with E-state index in [0.29, 0.717) is 36.5 Å². The van der Waals surface area contributed by atoms with Gasteiger partial charge in [0.2, 0.25) is 10.0 Å². The highest BCUT2D eigenvalue weighted by Gasteiger charge is 2.25. The summed E-state index contributed by atoms with van der Waals surface area (Å²) in [6.45, 7) is 2.89. The van der Waals surface area contributed by atoms with E-state index in [1.807, 2.05) is 0 Å². The summed E-state index contributed by atoms with van der Waals surface area (Å²) in [6, 6.07) is 4.42. The minimum Gasteiger partial charge on any atom is -0.480 e. The maximum atomic E-state index is 12.4. The standard InChI is InChI=1S/C14H19ClN2O4S/c1-10-8-12(2-3-13(10)15)22(20,21)16-11-4-6-17(7-5-11)9-14(18)19/h2-3,8,11,16H,4-7,9H2,1H3,(H,18,19). The average Bonchev–Trinajstić information content (AvgIpc) is 2.43. The number of carbonyl (C=O) groups is 1. The van der Waals surface area contributed by atoms with Crippen molar-refractivity contribution >= 4 is 27.6 Å². The molecule has 0 unspecified atom stereocenters. The van der Waals surface area contributed by atoms with Crippen molar-refractivity contribution in [1.29, 1.82) is 0 Å². The highest BCUT2D eigenvalue weighted by atomic mass is 35.5. The summed E-state index contributed by atoms with van der Waals surface area (Å²) in [5, 5.41) is 9.28. The van der Waals surface area contributed by atoms with Crippen LogP contribution in [0.25, 0.3) is 0 Å². The predicted molar refractivity (Wildman–Crippen MR) is 83.6 cm³/mol. The number of hydrogen-bond donors (Lipinski definition) is 2. The third-order valence-corrected chi connectivity index (χ3v) is 5.65. The third-order valence-electron chi connectivity index (χ3n) is 3.71. The van der Waals surface area contributed by atoms with Gasteiger partial charge in [0.1, 0.15) is 0 Å². The summed E-state index contributed by atoms with van der Waals surface area (Å²) >= 11 is 5.91. The normalized spacial score (nSPS) is 17.5. The first kappa shape index (κ1) is 17.2. The van der Waals surface area contributed by atoms with Gasteiger partial charge in [-0.25, -0.2) is 13.1 Å². The van der Waals surface area contributed by atoms with Gasteiger partial charge in [0.05, 0.1) is 11.4 Å². The molecule has 0 atom stereocenters. The van der Waals surface area contributed by atoms with Gasteiger partial charge in [-0.1, -0.05) is 11.6 Å². The number of aliphatic carboxylic acids is 1. The van der Waals surface area contributed by atoms with Crippen LogP contribution in [0.1, 0.15) is 18.4 Å². The van der Waals surface area contributed by atoms with Gasteiger partial charge >= 0.3 is 5.97 Å². The molecule has 0 saturated carbocycles. The first-order chi connectivity index (χ1) is 10.3. The van der Waals surface area contributed by atoms with Gasteiger partial charge in [0, 0.05) is 24.2 Å². The summed E-state index contributed by atoms with van der Waals surface area (Å²) < 4.78 is 27.4. The van der Waals surface area contributed by atoms with E-state index in [1.165, 1.54) is 6.07 Å². The smallest absolute Gasteiger partial charge is 0.317 e. The van der Waals surface area contributed by atoms with E-state index in [-0.39, 0.29) is 17.5 Å². The summed E-state index contributed by atoms with van der Waals surface area (Å²) in [6.07, 6.45) is 1.19. The lowest BCUT2D eigenvalue weighted by atomic mass is 10.1. The number of nitrogens with one attached hydrogen (secondary N) is 1. The number of carboxylic acid groups (broad SMARTS) is 1. The topological polar surface area (TPSA) is 86.7 Å². The van der Waals surface area contributed by atoms with Gasteiger partial charge in [-0.15, -0.1) is 0 Å². The van der Waals surface area contributed by atoms with Crippen LogP contribution >= 0.6 is 11.6 Å². The largest absolute Gasteiger partial charge is 0.480 e. The molecule has 8 heteroatoms. The van der Waals surface area contributed by atoms with Crippen LogP contribution in [0.15, 0.2) is 23.1 Å². The van der Waals surface area contributed by atoms with Crippen molar-refractivity contribution in [2.45, 2.75) is 30.7 Å². The lowest BCUT2D eigenvalue weighted by molar-refractivity contribution is -0.138. The quantitative estimate of drug-likeness (QED) is 0.843. The maximum Gasteiger partial charge on any atom is 0.317 e. The Morgan fingerprint density at radius 1 is 1.41 bits per heavy atom. The predicted octanol–water partition coefficient (Wildman–Crippen LogP) is 1.48. The molecular weight excluding hydrogens is 328 g/mol. The van der Waals surface area contributed by atoms with E-state index >= 15 is 0 Å². The van der Waals surface area contributed by atoms with E-state index in [1.54, 1.807) is 24.0 Å². The highest BCUT2D eigenvalue weighted by molar-refractivity contribution is 7.89. The molecule has 0 amide bonds. The molecule has 1 aliphatic rings. The van der Waals surface area contributed by atoms with Gasteiger partial charge in [-0.05, 0) is 43.5 Å². The lowest BCUT2D eigenvalue weighted by Gasteiger charge is -2.31. The Balaban J connectivity index is 1.98. The molecule has 1 aromatic carbocycles. The summed E-state index contributed by atoms with van der Waals surface area (Å²) in [7, 11) is -3.58. The molecule has 0 radical (unpaired) electrons. The number of rotatable bonds is 5. The number of sulfonamides is 1. The van der Waals surface area contributed by atoms with Crippen LogP contribution in [-0.2, 0) is 14.8 Å². The zero-order chi connectivity index (χ0) is 16.3. The number of piperidine rings is 1. The molecule has 122 valence electrons. The van der Waals surface area contributed by atoms with Crippen molar-refractivity contribution in [3.8, 4) is 0 Å². The fraction of sp³-hybridized carbons (Fsp3) is 0.500. The Kier molecular flexibility index (Phi) is 5.44. The van der Waals surface area contributed by atoms with Crippen LogP contribution in [0.4, 0.5) is 0 Å². The van der Waals surface area contributed by atoms with E-state index in [2.05, 4.69) is 4.72 Å². The van der Waals surface area contributed by atoms with Crippen LogP contribution in [0.5, 0.6) is 0 Å². The van der Waals surface area contributed by atoms with Crippen LogP contribution in [-0.4, -0.2) is 50.1 Å². The van der Waals surface area contributed by atoms with Gasteiger partial charge in [-0.2, -0.15) is 0 Å². The number of halogens is 1. The highest BCUT2D eigenvalue weighted by Crippen LogP contribution is 2.20. The van der Waals surface area contributed by atoms with E-state index in [9.17, 15) is 13.2 Å². The first-order valence-corrected chi connectivity index (χ1v) is 8.86. The van der Waals surface area contributed by atoms with Gasteiger partial charge in [-0.3, -0.25) is 9.69 Å². The number of nitrogens with zero attached hydrogens (tertiary/aromatic N) is 1. The fourth-order valence-electron chi connectivity index (χ4n) is 2.47. The minimum absolute atomic E-state index is 0.00412. The molecule has 1 aliphatic heterocycles. The van der Waals surface area contributed by atoms with Gasteiger partial charge < -0.3 is 5.11 Å². The second-order valence-corrected chi connectivity index (χ2v) is 7.60. The molecule has 0 aliphatic carbocycles. The molecule has 6 nitrogen and oxygen atoms in total. The molecule has 1 heterocycles. The van der Waals surface area contributed by atoms with Gasteiger partial charge in [0.15, 0.2) is 0 Å². The molecule has 22 heavy (non-hydrogen) atoms. The second-order valence-electron chi connectivity index (χ2n) is 5.48. The first-order valence-electron chi connectivity index (χ1n) is 7.00. The van der Waals surface area contributed by atoms with Crippen molar-refractivity contribution in [2.75, 3.05) is 19.6 Å². The molecule has 1 aromatic rings. The Hall–Kier alpha value is -1.15. The lowest BCUT2D eigenvalue weighted by Crippen LogP contribution is -2.45. The average molecular weight is 347 g/mol. The number of hydrogen-bond acceptors (Lipinski definition) is 4. The molecule has 1 saturated heterocycles. The van der Waals surface area contributed by atoms with E-state index < -0.39 is 16.0 Å². The number of benzene rings is 1. The van der Waals surface area contributed by atoms with E-state index in [4.69, 9.17) is 16.7 Å². The Bertz CT molecular complexity index is 655. The second kappa shape index (κ2) is 6.95. The van der Waals surface area contributed by atoms with Crippen molar-refractivity contribution in [2.24, 2.45) is 0 Å². The zero-order valence-electron chi connectivity index (χ0n) is 12.3. The minimum atomic E-state index is -3.58. The molecular formula is C14H19ClN2O4S. The van der Waals surface area contributed by atoms with Crippen molar-refractivity contribution < 1.29 is 18.3 Å². The molecule has 0 bridgehead atoms. The third kappa shape index (κ3) is 4.42. The number of aryl methyl sites for hydroxylation is 1. The van der Waals surface area contributed by atoms with Crippen molar-refractivity contribution in [3.05, 3.63) is 28.8 Å². The molecule has 2 N–H and O–H groups in total. The Labute approximate surface area is 135 Å². The summed E-state index contributed by atoms with van der Waals surface area (Å²) in [5.74, 6) is -0.865. The summed E-state index contributed by atoms with van der Waals surface area (Å²) in [4.78, 5) is 12.7. The van der Waals surface area contributed by atoms with Crippen LogP contribution in [0.2, 0.25) is 5.02 Å². The zero-order valence-corrected chi connectivity index (χ0v) is 13.8. The Morgan fingerprint density at radius 2 is 2.05 bits per heavy atom. The SMILES string of the molecule is Cc1cc(S(=O)(=O)NC2CCN(CC(=O)O)CC2)ccc1Cl. The molecule has 2 rings (SSSR count). The van der Waals surface area contributed by atoms with Crippen molar-refractivity contribution in [3.63, 3.8) is 0 Å². The monoisotopic (exact) mass is 346 g/mol. The molecule has 1 fully saturated rings. The van der Waals surface area contributed by atoms with E-state index in [0.717, 1.165) is 0 Å². The van der Waals surface area contributed by atoms with Gasteiger partial charge in [0.25, 0.3) is 0 Å². The number of carboxylic acids is 1. The van der Waals surface area contributed by atoms with Crippen LogP contribution in [0, 0.1) is 6.92 Å². The van der Waals surface area contributed by atoms with Crippen LogP contribution < -0.4 is 4.72 Å². The van der Waals surface area contributed by atoms with Crippen molar-refractivity contribution in [1.82, 2.24) is 9.62 Å². The molecule has 0 aromatic heterocycles. The summed E-state index contributed by atoms with van der Waals surface area (Å²) in [5.41, 5.74) is 0.709. The number of likely N-dealkylation sites (tertiary alicyclic amines) is 1.